The molecule has 240 valence electrons. The Hall–Kier alpha value is -5.19. The first-order valence-electron chi connectivity index (χ1n) is 14.6. The fourth-order valence-electron chi connectivity index (χ4n) is 5.43. The average molecular weight is 635 g/mol. The number of carbonyl (C=O) groups is 2. The number of piperidine rings is 1. The van der Waals surface area contributed by atoms with Gasteiger partial charge >= 0.3 is 6.36 Å². The first-order valence-corrected chi connectivity index (χ1v) is 14.6. The molecular weight excluding hydrogens is 601 g/mol. The minimum absolute atomic E-state index is 0.0924. The van der Waals surface area contributed by atoms with Gasteiger partial charge in [0.25, 0.3) is 11.8 Å². The minimum atomic E-state index is -4.79. The molecule has 5 rings (SSSR count). The van der Waals surface area contributed by atoms with Crippen LogP contribution in [-0.4, -0.2) is 56.5 Å². The molecule has 46 heavy (non-hydrogen) atoms. The predicted octanol–water partition coefficient (Wildman–Crippen LogP) is 7.51. The zero-order chi connectivity index (χ0) is 32.8. The van der Waals surface area contributed by atoms with Gasteiger partial charge in [0.15, 0.2) is 11.5 Å². The van der Waals surface area contributed by atoms with Crippen molar-refractivity contribution >= 4 is 17.5 Å². The summed E-state index contributed by atoms with van der Waals surface area (Å²) in [5.74, 6) is 0.802. The van der Waals surface area contributed by atoms with Gasteiger partial charge in [-0.05, 0) is 72.1 Å². The van der Waals surface area contributed by atoms with E-state index in [1.165, 1.54) is 31.4 Å². The van der Waals surface area contributed by atoms with Crippen molar-refractivity contribution in [3.8, 4) is 34.1 Å². The maximum atomic E-state index is 13.4. The normalized spacial score (nSPS) is 13.6. The molecule has 1 N–H and O–H groups in total. The van der Waals surface area contributed by atoms with E-state index >= 15 is 0 Å². The van der Waals surface area contributed by atoms with Crippen LogP contribution in [0.25, 0.3) is 11.1 Å². The lowest BCUT2D eigenvalue weighted by atomic mass is 9.94. The number of benzene rings is 4. The third kappa shape index (κ3) is 7.71. The molecule has 0 saturated carbocycles. The molecule has 1 fully saturated rings. The summed E-state index contributed by atoms with van der Waals surface area (Å²) in [6, 6.07) is 22.8. The zero-order valence-electron chi connectivity index (χ0n) is 25.5. The lowest BCUT2D eigenvalue weighted by molar-refractivity contribution is -0.274. The summed E-state index contributed by atoms with van der Waals surface area (Å²) in [6.07, 6.45) is -3.64. The average Bonchev–Trinajstić information content (AvgIpc) is 3.04. The first kappa shape index (κ1) is 32.2. The van der Waals surface area contributed by atoms with Crippen molar-refractivity contribution in [2.45, 2.75) is 32.2 Å². The highest BCUT2D eigenvalue weighted by molar-refractivity contribution is 6.09. The van der Waals surface area contributed by atoms with Crippen molar-refractivity contribution in [2.75, 3.05) is 32.6 Å². The van der Waals surface area contributed by atoms with Crippen molar-refractivity contribution in [3.05, 3.63) is 102 Å². The molecule has 0 spiro atoms. The summed E-state index contributed by atoms with van der Waals surface area (Å²) >= 11 is 0. The Labute approximate surface area is 264 Å². The lowest BCUT2D eigenvalue weighted by Gasteiger charge is -2.32. The monoisotopic (exact) mass is 634 g/mol. The van der Waals surface area contributed by atoms with Crippen LogP contribution < -0.4 is 24.3 Å². The number of alkyl halides is 3. The number of hydrogen-bond acceptors (Lipinski definition) is 6. The van der Waals surface area contributed by atoms with Crippen LogP contribution in [-0.2, 0) is 0 Å². The van der Waals surface area contributed by atoms with Crippen LogP contribution in [0.5, 0.6) is 23.0 Å². The van der Waals surface area contributed by atoms with E-state index < -0.39 is 6.36 Å². The summed E-state index contributed by atoms with van der Waals surface area (Å²) in [6.45, 7) is 2.87. The van der Waals surface area contributed by atoms with E-state index in [0.717, 1.165) is 5.56 Å². The molecule has 1 heterocycles. The Balaban J connectivity index is 1.22. The van der Waals surface area contributed by atoms with Crippen LogP contribution in [0.1, 0.15) is 39.1 Å². The molecule has 4 aromatic rings. The molecule has 0 aromatic heterocycles. The second-order valence-electron chi connectivity index (χ2n) is 10.7. The largest absolute Gasteiger partial charge is 0.573 e. The number of hydrogen-bond donors (Lipinski definition) is 1. The quantitative estimate of drug-likeness (QED) is 0.205. The van der Waals surface area contributed by atoms with Gasteiger partial charge in [0, 0.05) is 48.8 Å². The molecule has 0 atom stereocenters. The summed E-state index contributed by atoms with van der Waals surface area (Å²) in [5.41, 5.74) is 3.35. The molecule has 2 amide bonds. The minimum Gasteiger partial charge on any atom is -0.493 e. The van der Waals surface area contributed by atoms with Gasteiger partial charge < -0.3 is 29.2 Å². The van der Waals surface area contributed by atoms with Gasteiger partial charge in [-0.2, -0.15) is 0 Å². The Bertz CT molecular complexity index is 1700. The highest BCUT2D eigenvalue weighted by Crippen LogP contribution is 2.32. The number of carbonyl (C=O) groups excluding carboxylic acids is 2. The van der Waals surface area contributed by atoms with Gasteiger partial charge in [0.2, 0.25) is 0 Å². The van der Waals surface area contributed by atoms with E-state index in [-0.39, 0.29) is 23.7 Å². The SMILES string of the molecule is COc1ccc(C(=O)N2CCC(Oc3cccc(NC(=O)c4cccc(C)c4-c4ccc(OC(F)(F)F)cc4)c3)CC2)cc1OC. The van der Waals surface area contributed by atoms with Gasteiger partial charge in [-0.15, -0.1) is 13.2 Å². The van der Waals surface area contributed by atoms with Crippen LogP contribution in [0.4, 0.5) is 18.9 Å². The number of rotatable bonds is 9. The standard InChI is InChI=1S/C35H33F3N2O6/c1-22-6-4-9-29(32(22)23-10-13-27(14-11-23)46-35(36,37)38)33(41)39-25-7-5-8-28(21-25)45-26-16-18-40(19-17-26)34(42)24-12-15-30(43-2)31(20-24)44-3/h4-15,20-21,26H,16-19H2,1-3H3,(H,39,41). The van der Waals surface area contributed by atoms with Crippen molar-refractivity contribution in [2.24, 2.45) is 0 Å². The van der Waals surface area contributed by atoms with E-state index in [4.69, 9.17) is 14.2 Å². The Morgan fingerprint density at radius 2 is 1.52 bits per heavy atom. The number of aryl methyl sites for hydroxylation is 1. The number of amides is 2. The Kier molecular flexibility index (Phi) is 9.69. The van der Waals surface area contributed by atoms with Crippen molar-refractivity contribution in [1.29, 1.82) is 0 Å². The molecule has 8 nitrogen and oxygen atoms in total. The Morgan fingerprint density at radius 1 is 0.826 bits per heavy atom. The van der Waals surface area contributed by atoms with Crippen molar-refractivity contribution in [1.82, 2.24) is 4.90 Å². The van der Waals surface area contributed by atoms with E-state index in [0.29, 0.717) is 71.1 Å². The second kappa shape index (κ2) is 13.8. The number of anilines is 1. The molecule has 1 aliphatic rings. The summed E-state index contributed by atoms with van der Waals surface area (Å²) in [4.78, 5) is 28.3. The first-order chi connectivity index (χ1) is 22.0. The Morgan fingerprint density at radius 3 is 2.20 bits per heavy atom. The number of halogens is 3. The van der Waals surface area contributed by atoms with Gasteiger partial charge in [0.05, 0.1) is 14.2 Å². The number of likely N-dealkylation sites (tertiary alicyclic amines) is 1. The molecule has 4 aromatic carbocycles. The summed E-state index contributed by atoms with van der Waals surface area (Å²) < 4.78 is 58.6. The fourth-order valence-corrected chi connectivity index (χ4v) is 5.43. The van der Waals surface area contributed by atoms with E-state index in [9.17, 15) is 22.8 Å². The number of nitrogens with one attached hydrogen (secondary N) is 1. The molecule has 1 saturated heterocycles. The van der Waals surface area contributed by atoms with E-state index in [1.54, 1.807) is 66.6 Å². The van der Waals surface area contributed by atoms with Crippen molar-refractivity contribution in [3.63, 3.8) is 0 Å². The molecular formula is C35H33F3N2O6. The molecule has 0 unspecified atom stereocenters. The maximum Gasteiger partial charge on any atom is 0.573 e. The van der Waals surface area contributed by atoms with E-state index in [2.05, 4.69) is 10.1 Å². The van der Waals surface area contributed by atoms with Crippen LogP contribution in [0, 0.1) is 6.92 Å². The lowest BCUT2D eigenvalue weighted by Crippen LogP contribution is -2.41. The maximum absolute atomic E-state index is 13.4. The zero-order valence-corrected chi connectivity index (χ0v) is 25.5. The smallest absolute Gasteiger partial charge is 0.493 e. The summed E-state index contributed by atoms with van der Waals surface area (Å²) in [5, 5.41) is 2.91. The van der Waals surface area contributed by atoms with Gasteiger partial charge in [0.1, 0.15) is 17.6 Å². The third-order valence-corrected chi connectivity index (χ3v) is 7.65. The second-order valence-corrected chi connectivity index (χ2v) is 10.7. The highest BCUT2D eigenvalue weighted by Gasteiger charge is 2.31. The predicted molar refractivity (Wildman–Crippen MR) is 167 cm³/mol. The number of methoxy groups -OCH3 is 2. The molecule has 0 bridgehead atoms. The molecule has 0 aliphatic carbocycles. The molecule has 1 aliphatic heterocycles. The van der Waals surface area contributed by atoms with Gasteiger partial charge in [-0.3, -0.25) is 9.59 Å². The van der Waals surface area contributed by atoms with Crippen LogP contribution >= 0.6 is 0 Å². The summed E-state index contributed by atoms with van der Waals surface area (Å²) in [7, 11) is 3.07. The highest BCUT2D eigenvalue weighted by atomic mass is 19.4. The topological polar surface area (TPSA) is 86.3 Å². The number of ether oxygens (including phenoxy) is 4. The molecule has 11 heteroatoms. The van der Waals surface area contributed by atoms with Gasteiger partial charge in [-0.1, -0.05) is 30.3 Å². The molecule has 0 radical (unpaired) electrons. The third-order valence-electron chi connectivity index (χ3n) is 7.65. The van der Waals surface area contributed by atoms with Crippen LogP contribution in [0.2, 0.25) is 0 Å². The van der Waals surface area contributed by atoms with Crippen LogP contribution in [0.15, 0.2) is 84.9 Å². The fraction of sp³-hybridized carbons (Fsp3) is 0.257. The number of nitrogens with zero attached hydrogens (tertiary/aromatic N) is 1. The van der Waals surface area contributed by atoms with Gasteiger partial charge in [-0.25, -0.2) is 0 Å². The van der Waals surface area contributed by atoms with Crippen LogP contribution in [0.3, 0.4) is 0 Å². The van der Waals surface area contributed by atoms with E-state index in [1.807, 2.05) is 13.0 Å². The van der Waals surface area contributed by atoms with Crippen molar-refractivity contribution < 1.29 is 41.7 Å².